The molecule has 0 bridgehead atoms. The lowest BCUT2D eigenvalue weighted by molar-refractivity contribution is -0.120. The van der Waals surface area contributed by atoms with Gasteiger partial charge >= 0.3 is 6.03 Å². The number of imide groups is 1. The molecular weight excluding hydrogens is 710 g/mol. The molecule has 2 N–H and O–H groups in total. The molecule has 55 heavy (non-hydrogen) atoms. The maximum Gasteiger partial charge on any atom is 0.328 e. The van der Waals surface area contributed by atoms with Crippen LogP contribution in [0.4, 0.5) is 27.5 Å². The molecule has 2 atom stereocenters. The van der Waals surface area contributed by atoms with Crippen molar-refractivity contribution in [3.63, 3.8) is 0 Å². The van der Waals surface area contributed by atoms with Gasteiger partial charge in [0, 0.05) is 106 Å². The number of piperazine rings is 1. The van der Waals surface area contributed by atoms with Crippen molar-refractivity contribution in [3.8, 4) is 11.1 Å². The van der Waals surface area contributed by atoms with Crippen LogP contribution >= 0.6 is 11.6 Å². The number of nitrogens with zero attached hydrogens (tertiary/aromatic N) is 5. The molecule has 11 heteroatoms. The first-order valence-corrected chi connectivity index (χ1v) is 20.0. The standard InChI is InChI=1S/C44H50ClN7O3/c1-30-26-41(46-36-11-9-35(45)10-12-36)40-28-34(8-15-42(40)52(30)31(2)53)33-6-13-37(14-7-33)49-19-16-38(17-20-49)50-24-22-48(23-25-50)29-32-4-3-5-39(27-32)51-21-18-43(54)47-44(51)55/h3-15,27-28,30,38,41,46H,16-26,29H2,1-2H3,(H,47,54,55). The second-order valence-electron chi connectivity index (χ2n) is 15.5. The first-order valence-electron chi connectivity index (χ1n) is 19.7. The third-order valence-corrected chi connectivity index (χ3v) is 12.1. The highest BCUT2D eigenvalue weighted by Gasteiger charge is 2.33. The zero-order valence-electron chi connectivity index (χ0n) is 31.7. The molecule has 8 rings (SSSR count). The van der Waals surface area contributed by atoms with Crippen molar-refractivity contribution in [2.75, 3.05) is 65.8 Å². The number of piperidine rings is 1. The lowest BCUT2D eigenvalue weighted by Gasteiger charge is -2.43. The monoisotopic (exact) mass is 759 g/mol. The molecule has 0 spiro atoms. The molecule has 4 amide bonds. The highest BCUT2D eigenvalue weighted by molar-refractivity contribution is 6.30. The smallest absolute Gasteiger partial charge is 0.328 e. The zero-order chi connectivity index (χ0) is 38.1. The fraction of sp³-hybridized carbons (Fsp3) is 0.386. The Kier molecular flexibility index (Phi) is 10.8. The number of carbonyl (C=O) groups excluding carboxylic acids is 3. The van der Waals surface area contributed by atoms with E-state index in [2.05, 4.69) is 86.9 Å². The summed E-state index contributed by atoms with van der Waals surface area (Å²) >= 11 is 6.16. The van der Waals surface area contributed by atoms with Gasteiger partial charge in [-0.15, -0.1) is 0 Å². The third kappa shape index (κ3) is 8.22. The van der Waals surface area contributed by atoms with E-state index in [4.69, 9.17) is 11.6 Å². The highest BCUT2D eigenvalue weighted by atomic mass is 35.5. The van der Waals surface area contributed by atoms with Crippen LogP contribution in [0.3, 0.4) is 0 Å². The molecule has 2 unspecified atom stereocenters. The number of urea groups is 1. The van der Waals surface area contributed by atoms with Crippen molar-refractivity contribution in [1.82, 2.24) is 15.1 Å². The van der Waals surface area contributed by atoms with Gasteiger partial charge in [-0.25, -0.2) is 4.79 Å². The molecule has 4 aromatic carbocycles. The van der Waals surface area contributed by atoms with Crippen LogP contribution in [0.5, 0.6) is 0 Å². The van der Waals surface area contributed by atoms with E-state index in [9.17, 15) is 14.4 Å². The van der Waals surface area contributed by atoms with E-state index in [1.165, 1.54) is 11.3 Å². The summed E-state index contributed by atoms with van der Waals surface area (Å²) in [4.78, 5) is 48.0. The first kappa shape index (κ1) is 37.0. The second kappa shape index (κ2) is 16.1. The van der Waals surface area contributed by atoms with Gasteiger partial charge < -0.3 is 15.1 Å². The van der Waals surface area contributed by atoms with Gasteiger partial charge in [-0.3, -0.25) is 29.6 Å². The number of amides is 4. The van der Waals surface area contributed by atoms with Gasteiger partial charge in [-0.2, -0.15) is 0 Å². The van der Waals surface area contributed by atoms with Crippen molar-refractivity contribution < 1.29 is 14.4 Å². The summed E-state index contributed by atoms with van der Waals surface area (Å²) in [6.07, 6.45) is 3.45. The average molecular weight is 760 g/mol. The van der Waals surface area contributed by atoms with Gasteiger partial charge in [0.25, 0.3) is 0 Å². The second-order valence-corrected chi connectivity index (χ2v) is 15.9. The van der Waals surface area contributed by atoms with Crippen molar-refractivity contribution in [1.29, 1.82) is 0 Å². The highest BCUT2D eigenvalue weighted by Crippen LogP contribution is 2.41. The van der Waals surface area contributed by atoms with E-state index in [0.29, 0.717) is 24.0 Å². The average Bonchev–Trinajstić information content (AvgIpc) is 3.19. The summed E-state index contributed by atoms with van der Waals surface area (Å²) < 4.78 is 0. The molecule has 4 aliphatic heterocycles. The molecule has 4 heterocycles. The summed E-state index contributed by atoms with van der Waals surface area (Å²) in [6, 6.07) is 31.8. The Morgan fingerprint density at radius 3 is 2.25 bits per heavy atom. The molecule has 10 nitrogen and oxygen atoms in total. The molecule has 3 saturated heterocycles. The zero-order valence-corrected chi connectivity index (χ0v) is 32.5. The largest absolute Gasteiger partial charge is 0.378 e. The van der Waals surface area contributed by atoms with Gasteiger partial charge in [0.15, 0.2) is 0 Å². The Bertz CT molecular complexity index is 2020. The lowest BCUT2D eigenvalue weighted by Crippen LogP contribution is -2.53. The Balaban J connectivity index is 0.857. The number of fused-ring (bicyclic) bond motifs is 1. The molecule has 0 radical (unpaired) electrons. The minimum absolute atomic E-state index is 0.0620. The maximum absolute atomic E-state index is 12.7. The van der Waals surface area contributed by atoms with Crippen LogP contribution in [-0.2, 0) is 16.1 Å². The van der Waals surface area contributed by atoms with E-state index < -0.39 is 0 Å². The Morgan fingerprint density at radius 1 is 0.818 bits per heavy atom. The fourth-order valence-electron chi connectivity index (χ4n) is 8.94. The summed E-state index contributed by atoms with van der Waals surface area (Å²) in [5.74, 6) is -0.151. The number of carbonyl (C=O) groups is 3. The van der Waals surface area contributed by atoms with E-state index in [1.807, 2.05) is 41.3 Å². The van der Waals surface area contributed by atoms with Crippen molar-refractivity contribution in [2.45, 2.75) is 64.2 Å². The molecular formula is C44H50ClN7O3. The lowest BCUT2D eigenvalue weighted by atomic mass is 9.89. The number of nitrogens with one attached hydrogen (secondary N) is 2. The molecule has 0 saturated carbocycles. The van der Waals surface area contributed by atoms with Crippen LogP contribution in [0, 0.1) is 0 Å². The topological polar surface area (TPSA) is 91.5 Å². The fourth-order valence-corrected chi connectivity index (χ4v) is 9.07. The molecule has 0 aromatic heterocycles. The van der Waals surface area contributed by atoms with E-state index in [1.54, 1.807) is 11.8 Å². The van der Waals surface area contributed by atoms with Crippen LogP contribution in [0.2, 0.25) is 5.02 Å². The minimum Gasteiger partial charge on any atom is -0.378 e. The molecule has 4 aliphatic rings. The van der Waals surface area contributed by atoms with Gasteiger partial charge in [0.1, 0.15) is 0 Å². The summed E-state index contributed by atoms with van der Waals surface area (Å²) in [6.45, 7) is 11.3. The van der Waals surface area contributed by atoms with Crippen LogP contribution in [0.1, 0.15) is 56.7 Å². The SMILES string of the molecule is CC(=O)N1c2ccc(-c3ccc(N4CCC(N5CCN(Cc6cccc(N7CCC(=O)NC7=O)c6)CC5)CC4)cc3)cc2C(Nc2ccc(Cl)cc2)CC1C. The number of halogens is 1. The Labute approximate surface area is 329 Å². The van der Waals surface area contributed by atoms with E-state index in [-0.39, 0.29) is 29.9 Å². The van der Waals surface area contributed by atoms with Crippen molar-refractivity contribution in [2.24, 2.45) is 0 Å². The van der Waals surface area contributed by atoms with Gasteiger partial charge in [-0.05, 0) is 109 Å². The summed E-state index contributed by atoms with van der Waals surface area (Å²) in [5, 5.41) is 6.84. The van der Waals surface area contributed by atoms with Crippen molar-refractivity contribution in [3.05, 3.63) is 107 Å². The van der Waals surface area contributed by atoms with Gasteiger partial charge in [-0.1, -0.05) is 41.9 Å². The normalized spacial score (nSPS) is 21.3. The number of benzene rings is 4. The van der Waals surface area contributed by atoms with Gasteiger partial charge in [0.05, 0.1) is 6.04 Å². The predicted octanol–water partition coefficient (Wildman–Crippen LogP) is 7.54. The Morgan fingerprint density at radius 2 is 1.55 bits per heavy atom. The molecule has 286 valence electrons. The van der Waals surface area contributed by atoms with Crippen LogP contribution in [0.25, 0.3) is 11.1 Å². The first-order chi connectivity index (χ1) is 26.7. The molecule has 3 fully saturated rings. The summed E-state index contributed by atoms with van der Waals surface area (Å²) in [5.41, 5.74) is 8.71. The third-order valence-electron chi connectivity index (χ3n) is 11.8. The number of hydrogen-bond donors (Lipinski definition) is 2. The summed E-state index contributed by atoms with van der Waals surface area (Å²) in [7, 11) is 0. The van der Waals surface area contributed by atoms with E-state index in [0.717, 1.165) is 98.8 Å². The molecule has 0 aliphatic carbocycles. The van der Waals surface area contributed by atoms with E-state index >= 15 is 0 Å². The number of rotatable bonds is 8. The quantitative estimate of drug-likeness (QED) is 0.192. The van der Waals surface area contributed by atoms with Crippen LogP contribution in [-0.4, -0.2) is 85.5 Å². The minimum atomic E-state index is -0.341. The number of anilines is 4. The van der Waals surface area contributed by atoms with Crippen LogP contribution in [0.15, 0.2) is 91.0 Å². The Hall–Kier alpha value is -4.90. The number of hydrogen-bond acceptors (Lipinski definition) is 7. The predicted molar refractivity (Wildman–Crippen MR) is 221 cm³/mol. The molecule has 4 aromatic rings. The van der Waals surface area contributed by atoms with Gasteiger partial charge in [0.2, 0.25) is 11.8 Å². The van der Waals surface area contributed by atoms with Crippen molar-refractivity contribution >= 4 is 52.2 Å². The maximum atomic E-state index is 12.7. The van der Waals surface area contributed by atoms with Crippen LogP contribution < -0.4 is 25.3 Å².